The summed E-state index contributed by atoms with van der Waals surface area (Å²) in [6, 6.07) is 0.381. The zero-order chi connectivity index (χ0) is 11.3. The molecule has 1 unspecified atom stereocenters. The molecule has 0 aliphatic carbocycles. The van der Waals surface area contributed by atoms with Crippen LogP contribution < -0.4 is 5.73 Å². The highest BCUT2D eigenvalue weighted by Gasteiger charge is 2.17. The minimum absolute atomic E-state index is 0.376. The van der Waals surface area contributed by atoms with Crippen LogP contribution in [0.2, 0.25) is 0 Å². The monoisotopic (exact) mass is 212 g/mol. The second-order valence-electron chi connectivity index (χ2n) is 6.22. The molecule has 1 fully saturated rings. The Kier molecular flexibility index (Phi) is 5.07. The molecule has 0 saturated carbocycles. The van der Waals surface area contributed by atoms with Gasteiger partial charge in [-0.05, 0) is 50.7 Å². The third-order valence-corrected chi connectivity index (χ3v) is 3.14. The van der Waals surface area contributed by atoms with Crippen molar-refractivity contribution >= 4 is 0 Å². The predicted molar refractivity (Wildman–Crippen MR) is 67.0 cm³/mol. The Balaban J connectivity index is 2.12. The van der Waals surface area contributed by atoms with Crippen LogP contribution in [0.15, 0.2) is 0 Å². The van der Waals surface area contributed by atoms with Crippen LogP contribution in [0, 0.1) is 5.41 Å². The van der Waals surface area contributed by atoms with Crippen LogP contribution in [0.1, 0.15) is 52.9 Å². The zero-order valence-corrected chi connectivity index (χ0v) is 10.8. The van der Waals surface area contributed by atoms with Gasteiger partial charge in [0.05, 0.1) is 0 Å². The SMILES string of the molecule is CC(C)(C)CC(N)CCN1CCCCC1. The Morgan fingerprint density at radius 1 is 1.13 bits per heavy atom. The number of likely N-dealkylation sites (tertiary alicyclic amines) is 1. The molecule has 1 aliphatic rings. The fourth-order valence-corrected chi connectivity index (χ4v) is 2.42. The first-order valence-electron chi connectivity index (χ1n) is 6.45. The predicted octanol–water partition coefficient (Wildman–Crippen LogP) is 2.63. The molecule has 2 nitrogen and oxygen atoms in total. The summed E-state index contributed by atoms with van der Waals surface area (Å²) >= 11 is 0. The number of rotatable bonds is 4. The lowest BCUT2D eigenvalue weighted by Gasteiger charge is -2.29. The highest BCUT2D eigenvalue weighted by molar-refractivity contribution is 4.74. The maximum Gasteiger partial charge on any atom is 0.00559 e. The third kappa shape index (κ3) is 6.16. The lowest BCUT2D eigenvalue weighted by atomic mass is 9.87. The lowest BCUT2D eigenvalue weighted by Crippen LogP contribution is -2.35. The molecule has 0 spiro atoms. The van der Waals surface area contributed by atoms with Crippen molar-refractivity contribution in [1.29, 1.82) is 0 Å². The first-order valence-corrected chi connectivity index (χ1v) is 6.45. The van der Waals surface area contributed by atoms with Gasteiger partial charge in [0.25, 0.3) is 0 Å². The Hall–Kier alpha value is -0.0800. The summed E-state index contributed by atoms with van der Waals surface area (Å²) in [6.45, 7) is 10.6. The molecule has 90 valence electrons. The maximum atomic E-state index is 6.15. The quantitative estimate of drug-likeness (QED) is 0.776. The average molecular weight is 212 g/mol. The molecule has 1 saturated heterocycles. The number of hydrogen-bond donors (Lipinski definition) is 1. The van der Waals surface area contributed by atoms with Crippen LogP contribution in [-0.4, -0.2) is 30.6 Å². The van der Waals surface area contributed by atoms with Crippen LogP contribution in [0.3, 0.4) is 0 Å². The Morgan fingerprint density at radius 3 is 2.27 bits per heavy atom. The van der Waals surface area contributed by atoms with Crippen molar-refractivity contribution < 1.29 is 0 Å². The number of hydrogen-bond acceptors (Lipinski definition) is 2. The molecule has 0 aromatic carbocycles. The largest absolute Gasteiger partial charge is 0.328 e. The van der Waals surface area contributed by atoms with Crippen LogP contribution in [0.25, 0.3) is 0 Å². The van der Waals surface area contributed by atoms with Gasteiger partial charge in [0.15, 0.2) is 0 Å². The average Bonchev–Trinajstić information content (AvgIpc) is 2.14. The van der Waals surface area contributed by atoms with Gasteiger partial charge in [0.2, 0.25) is 0 Å². The van der Waals surface area contributed by atoms with Crippen molar-refractivity contribution in [1.82, 2.24) is 4.90 Å². The van der Waals surface area contributed by atoms with E-state index < -0.39 is 0 Å². The fourth-order valence-electron chi connectivity index (χ4n) is 2.42. The Morgan fingerprint density at radius 2 is 1.73 bits per heavy atom. The van der Waals surface area contributed by atoms with E-state index in [0.29, 0.717) is 11.5 Å². The van der Waals surface area contributed by atoms with Crippen molar-refractivity contribution in [3.05, 3.63) is 0 Å². The standard InChI is InChI=1S/C13H28N2/c1-13(2,3)11-12(14)7-10-15-8-5-4-6-9-15/h12H,4-11,14H2,1-3H3. The molecule has 1 heterocycles. The van der Waals surface area contributed by atoms with E-state index in [9.17, 15) is 0 Å². The van der Waals surface area contributed by atoms with E-state index in [4.69, 9.17) is 5.73 Å². The van der Waals surface area contributed by atoms with Crippen molar-refractivity contribution in [3.63, 3.8) is 0 Å². The second kappa shape index (κ2) is 5.86. The van der Waals surface area contributed by atoms with Gasteiger partial charge in [-0.3, -0.25) is 0 Å². The second-order valence-corrected chi connectivity index (χ2v) is 6.22. The number of nitrogens with zero attached hydrogens (tertiary/aromatic N) is 1. The summed E-state index contributed by atoms with van der Waals surface area (Å²) in [4.78, 5) is 2.58. The Labute approximate surface area is 95.2 Å². The van der Waals surface area contributed by atoms with Gasteiger partial charge < -0.3 is 10.6 Å². The van der Waals surface area contributed by atoms with Crippen molar-refractivity contribution in [2.45, 2.75) is 58.9 Å². The van der Waals surface area contributed by atoms with Crippen LogP contribution in [0.5, 0.6) is 0 Å². The van der Waals surface area contributed by atoms with E-state index in [0.717, 1.165) is 12.8 Å². The third-order valence-electron chi connectivity index (χ3n) is 3.14. The first kappa shape index (κ1) is 13.0. The summed E-state index contributed by atoms with van der Waals surface area (Å²) < 4.78 is 0. The van der Waals surface area contributed by atoms with Gasteiger partial charge in [-0.25, -0.2) is 0 Å². The van der Waals surface area contributed by atoms with E-state index >= 15 is 0 Å². The summed E-state index contributed by atoms with van der Waals surface area (Å²) in [5.41, 5.74) is 6.53. The van der Waals surface area contributed by atoms with Gasteiger partial charge in [-0.2, -0.15) is 0 Å². The van der Waals surface area contributed by atoms with Crippen LogP contribution in [-0.2, 0) is 0 Å². The molecule has 1 atom stereocenters. The molecule has 0 radical (unpaired) electrons. The molecular formula is C13H28N2. The highest BCUT2D eigenvalue weighted by Crippen LogP contribution is 2.21. The van der Waals surface area contributed by atoms with Gasteiger partial charge in [0.1, 0.15) is 0 Å². The molecule has 0 bridgehead atoms. The molecule has 1 aliphatic heterocycles. The van der Waals surface area contributed by atoms with E-state index in [1.54, 1.807) is 0 Å². The highest BCUT2D eigenvalue weighted by atomic mass is 15.1. The van der Waals surface area contributed by atoms with E-state index in [2.05, 4.69) is 25.7 Å². The minimum atomic E-state index is 0.376. The molecule has 0 amide bonds. The van der Waals surface area contributed by atoms with Crippen LogP contribution >= 0.6 is 0 Å². The zero-order valence-electron chi connectivity index (χ0n) is 10.8. The first-order chi connectivity index (χ1) is 6.97. The Bertz CT molecular complexity index is 166. The molecular weight excluding hydrogens is 184 g/mol. The number of nitrogens with two attached hydrogens (primary N) is 1. The van der Waals surface area contributed by atoms with Gasteiger partial charge in [0, 0.05) is 6.04 Å². The lowest BCUT2D eigenvalue weighted by molar-refractivity contribution is 0.212. The molecule has 0 aromatic heterocycles. The number of piperidine rings is 1. The molecule has 0 aromatic rings. The minimum Gasteiger partial charge on any atom is -0.328 e. The summed E-state index contributed by atoms with van der Waals surface area (Å²) in [5, 5.41) is 0. The molecule has 1 rings (SSSR count). The normalized spacial score (nSPS) is 21.6. The fraction of sp³-hybridized carbons (Fsp3) is 1.00. The molecule has 2 N–H and O–H groups in total. The molecule has 15 heavy (non-hydrogen) atoms. The van der Waals surface area contributed by atoms with Crippen LogP contribution in [0.4, 0.5) is 0 Å². The summed E-state index contributed by atoms with van der Waals surface area (Å²) in [5.74, 6) is 0. The van der Waals surface area contributed by atoms with Crippen molar-refractivity contribution in [3.8, 4) is 0 Å². The molecule has 2 heteroatoms. The van der Waals surface area contributed by atoms with Gasteiger partial charge >= 0.3 is 0 Å². The topological polar surface area (TPSA) is 29.3 Å². The summed E-state index contributed by atoms with van der Waals surface area (Å²) in [7, 11) is 0. The van der Waals surface area contributed by atoms with E-state index in [-0.39, 0.29) is 0 Å². The van der Waals surface area contributed by atoms with Crippen molar-refractivity contribution in [2.24, 2.45) is 11.1 Å². The summed E-state index contributed by atoms with van der Waals surface area (Å²) in [6.07, 6.45) is 6.49. The van der Waals surface area contributed by atoms with E-state index in [1.165, 1.54) is 38.9 Å². The smallest absolute Gasteiger partial charge is 0.00559 e. The maximum absolute atomic E-state index is 6.15. The van der Waals surface area contributed by atoms with Crippen molar-refractivity contribution in [2.75, 3.05) is 19.6 Å². The van der Waals surface area contributed by atoms with Gasteiger partial charge in [-0.15, -0.1) is 0 Å². The van der Waals surface area contributed by atoms with Gasteiger partial charge in [-0.1, -0.05) is 27.2 Å². The van der Waals surface area contributed by atoms with E-state index in [1.807, 2.05) is 0 Å².